The lowest BCUT2D eigenvalue weighted by Crippen LogP contribution is -2.19. The van der Waals surface area contributed by atoms with E-state index in [9.17, 15) is 13.6 Å². The predicted molar refractivity (Wildman–Crippen MR) is 50.6 cm³/mol. The molecule has 0 radical (unpaired) electrons. The minimum Gasteiger partial charge on any atom is -0.433 e. The molecule has 2 N–H and O–H groups in total. The number of hydrogen-bond acceptors (Lipinski definition) is 2. The van der Waals surface area contributed by atoms with E-state index >= 15 is 0 Å². The Morgan fingerprint density at radius 3 is 2.73 bits per heavy atom. The van der Waals surface area contributed by atoms with Gasteiger partial charge in [0.15, 0.2) is 0 Å². The molecule has 0 saturated carbocycles. The van der Waals surface area contributed by atoms with Gasteiger partial charge < -0.3 is 10.5 Å². The van der Waals surface area contributed by atoms with Crippen LogP contribution in [-0.4, -0.2) is 12.0 Å². The van der Waals surface area contributed by atoms with E-state index in [1.165, 1.54) is 18.2 Å². The molecular formula is C10H11F2NO2. The number of alkyl halides is 2. The van der Waals surface area contributed by atoms with Gasteiger partial charge in [-0.3, -0.25) is 4.79 Å². The first-order valence-electron chi connectivity index (χ1n) is 4.31. The summed E-state index contributed by atoms with van der Waals surface area (Å²) in [5.41, 5.74) is 5.52. The molecule has 0 heterocycles. The van der Waals surface area contributed by atoms with Gasteiger partial charge in [0.1, 0.15) is 5.75 Å². The van der Waals surface area contributed by atoms with Gasteiger partial charge in [-0.25, -0.2) is 0 Å². The van der Waals surface area contributed by atoms with Gasteiger partial charge in [-0.2, -0.15) is 8.78 Å². The second-order valence-electron chi connectivity index (χ2n) is 3.20. The first-order chi connectivity index (χ1) is 6.87. The molecule has 0 saturated heterocycles. The van der Waals surface area contributed by atoms with E-state index in [2.05, 4.69) is 4.74 Å². The fourth-order valence-electron chi connectivity index (χ4n) is 1.13. The highest BCUT2D eigenvalue weighted by molar-refractivity contribution is 5.76. The van der Waals surface area contributed by atoms with E-state index in [1.54, 1.807) is 6.07 Å². The van der Waals surface area contributed by atoms with Gasteiger partial charge in [0.05, 0.1) is 6.42 Å². The van der Waals surface area contributed by atoms with Gasteiger partial charge in [-0.15, -0.1) is 0 Å². The van der Waals surface area contributed by atoms with E-state index in [-0.39, 0.29) is 12.2 Å². The third-order valence-corrected chi connectivity index (χ3v) is 1.57. The van der Waals surface area contributed by atoms with E-state index < -0.39 is 12.0 Å². The molecule has 1 rings (SSSR count). The zero-order valence-corrected chi connectivity index (χ0v) is 8.17. The van der Waals surface area contributed by atoms with Crippen LogP contribution >= 0.6 is 0 Å². The number of hydrogen-bond donors (Lipinski definition) is 1. The Labute approximate surface area is 85.8 Å². The molecule has 1 aromatic carbocycles. The van der Waals surface area contributed by atoms with Crippen molar-refractivity contribution in [1.29, 1.82) is 0 Å². The van der Waals surface area contributed by atoms with Crippen molar-refractivity contribution >= 4 is 5.91 Å². The number of ether oxygens (including phenoxy) is 1. The van der Waals surface area contributed by atoms with Crippen LogP contribution in [0.15, 0.2) is 24.3 Å². The van der Waals surface area contributed by atoms with E-state index in [0.29, 0.717) is 12.5 Å². The SMILES string of the molecule is CC(F)(F)Oc1cccc(CC(N)=O)c1. The van der Waals surface area contributed by atoms with Crippen molar-refractivity contribution in [3.63, 3.8) is 0 Å². The number of nitrogens with two attached hydrogens (primary N) is 1. The lowest BCUT2D eigenvalue weighted by molar-refractivity contribution is -0.158. The smallest absolute Gasteiger partial charge is 0.394 e. The van der Waals surface area contributed by atoms with Crippen LogP contribution in [0.5, 0.6) is 5.75 Å². The molecule has 0 spiro atoms. The molecule has 1 amide bonds. The Morgan fingerprint density at radius 2 is 2.20 bits per heavy atom. The molecule has 0 bridgehead atoms. The highest BCUT2D eigenvalue weighted by Crippen LogP contribution is 2.21. The van der Waals surface area contributed by atoms with Crippen molar-refractivity contribution in [3.05, 3.63) is 29.8 Å². The predicted octanol–water partition coefficient (Wildman–Crippen LogP) is 1.71. The number of carbonyl (C=O) groups is 1. The van der Waals surface area contributed by atoms with Crippen LogP contribution in [0.3, 0.4) is 0 Å². The second kappa shape index (κ2) is 4.25. The lowest BCUT2D eigenvalue weighted by atomic mass is 10.1. The maximum atomic E-state index is 12.5. The number of carbonyl (C=O) groups excluding carboxylic acids is 1. The molecule has 0 fully saturated rings. The lowest BCUT2D eigenvalue weighted by Gasteiger charge is -2.13. The summed E-state index contributed by atoms with van der Waals surface area (Å²) in [6.07, 6.45) is -3.22. The Balaban J connectivity index is 2.79. The molecule has 1 aromatic rings. The highest BCUT2D eigenvalue weighted by atomic mass is 19.3. The summed E-state index contributed by atoms with van der Waals surface area (Å²) < 4.78 is 29.3. The van der Waals surface area contributed by atoms with Crippen LogP contribution in [-0.2, 0) is 11.2 Å². The Bertz CT molecular complexity index is 361. The quantitative estimate of drug-likeness (QED) is 0.831. The van der Waals surface area contributed by atoms with E-state index in [0.717, 1.165) is 0 Å². The minimum absolute atomic E-state index is 0.00643. The molecule has 5 heteroatoms. The van der Waals surface area contributed by atoms with Gasteiger partial charge >= 0.3 is 6.11 Å². The number of primary amides is 1. The summed E-state index contributed by atoms with van der Waals surface area (Å²) in [6, 6.07) is 5.90. The van der Waals surface area contributed by atoms with Gasteiger partial charge in [-0.05, 0) is 17.7 Å². The van der Waals surface area contributed by atoms with Crippen LogP contribution in [0.25, 0.3) is 0 Å². The molecule has 3 nitrogen and oxygen atoms in total. The van der Waals surface area contributed by atoms with Crippen molar-refractivity contribution in [1.82, 2.24) is 0 Å². The van der Waals surface area contributed by atoms with Gasteiger partial charge in [0, 0.05) is 6.92 Å². The topological polar surface area (TPSA) is 52.3 Å². The monoisotopic (exact) mass is 215 g/mol. The normalized spacial score (nSPS) is 11.1. The van der Waals surface area contributed by atoms with Gasteiger partial charge in [0.2, 0.25) is 5.91 Å². The standard InChI is InChI=1S/C10H11F2NO2/c1-10(11,12)15-8-4-2-3-7(5-8)6-9(13)14/h2-5H,6H2,1H3,(H2,13,14). The zero-order chi connectivity index (χ0) is 11.5. The van der Waals surface area contributed by atoms with Crippen LogP contribution in [0, 0.1) is 0 Å². The first-order valence-corrected chi connectivity index (χ1v) is 4.31. The molecule has 0 aromatic heterocycles. The first kappa shape index (κ1) is 11.4. The molecule has 15 heavy (non-hydrogen) atoms. The largest absolute Gasteiger partial charge is 0.433 e. The average molecular weight is 215 g/mol. The number of rotatable bonds is 4. The van der Waals surface area contributed by atoms with Gasteiger partial charge in [0.25, 0.3) is 0 Å². The third-order valence-electron chi connectivity index (χ3n) is 1.57. The van der Waals surface area contributed by atoms with Crippen LogP contribution in [0.4, 0.5) is 8.78 Å². The van der Waals surface area contributed by atoms with Crippen LogP contribution < -0.4 is 10.5 Å². The Kier molecular flexibility index (Phi) is 3.24. The minimum atomic E-state index is -3.23. The van der Waals surface area contributed by atoms with E-state index in [1.807, 2.05) is 0 Å². The highest BCUT2D eigenvalue weighted by Gasteiger charge is 2.23. The number of benzene rings is 1. The van der Waals surface area contributed by atoms with Crippen molar-refractivity contribution in [3.8, 4) is 5.75 Å². The molecular weight excluding hydrogens is 204 g/mol. The Hall–Kier alpha value is -1.65. The molecule has 0 aliphatic heterocycles. The van der Waals surface area contributed by atoms with Crippen LogP contribution in [0.2, 0.25) is 0 Å². The van der Waals surface area contributed by atoms with Crippen molar-refractivity contribution in [2.24, 2.45) is 5.73 Å². The fraction of sp³-hybridized carbons (Fsp3) is 0.300. The van der Waals surface area contributed by atoms with E-state index in [4.69, 9.17) is 5.73 Å². The molecule has 82 valence electrons. The van der Waals surface area contributed by atoms with Crippen molar-refractivity contribution < 1.29 is 18.3 Å². The number of amides is 1. The van der Waals surface area contributed by atoms with Crippen LogP contribution in [0.1, 0.15) is 12.5 Å². The molecule has 0 aliphatic carbocycles. The summed E-state index contributed by atoms with van der Waals surface area (Å²) in [7, 11) is 0. The maximum absolute atomic E-state index is 12.5. The van der Waals surface area contributed by atoms with Crippen molar-refractivity contribution in [2.75, 3.05) is 0 Å². The summed E-state index contributed by atoms with van der Waals surface area (Å²) in [6.45, 7) is 0.647. The molecule has 0 atom stereocenters. The summed E-state index contributed by atoms with van der Waals surface area (Å²) in [5.74, 6) is -0.503. The summed E-state index contributed by atoms with van der Waals surface area (Å²) >= 11 is 0. The summed E-state index contributed by atoms with van der Waals surface area (Å²) in [4.78, 5) is 10.6. The average Bonchev–Trinajstić information content (AvgIpc) is 1.99. The van der Waals surface area contributed by atoms with Gasteiger partial charge in [-0.1, -0.05) is 12.1 Å². The molecule has 0 aliphatic rings. The third kappa shape index (κ3) is 4.39. The fourth-order valence-corrected chi connectivity index (χ4v) is 1.13. The maximum Gasteiger partial charge on any atom is 0.394 e. The molecule has 0 unspecified atom stereocenters. The second-order valence-corrected chi connectivity index (χ2v) is 3.20. The number of halogens is 2. The Morgan fingerprint density at radius 1 is 1.53 bits per heavy atom. The summed E-state index contributed by atoms with van der Waals surface area (Å²) in [5, 5.41) is 0. The zero-order valence-electron chi connectivity index (χ0n) is 8.17. The van der Waals surface area contributed by atoms with Crippen molar-refractivity contribution in [2.45, 2.75) is 19.5 Å².